The van der Waals surface area contributed by atoms with Gasteiger partial charge < -0.3 is 25.7 Å². The summed E-state index contributed by atoms with van der Waals surface area (Å²) >= 11 is 0. The Morgan fingerprint density at radius 2 is 1.05 bits per heavy atom. The van der Waals surface area contributed by atoms with Crippen LogP contribution in [0.2, 0.25) is 0 Å². The largest absolute Gasteiger partial charge is 0.508 e. The molecule has 39 heavy (non-hydrogen) atoms. The van der Waals surface area contributed by atoms with Crippen molar-refractivity contribution in [2.24, 2.45) is 0 Å². The van der Waals surface area contributed by atoms with E-state index in [1.165, 1.54) is 0 Å². The Hall–Kier alpha value is -3.47. The highest BCUT2D eigenvalue weighted by Crippen LogP contribution is 2.36. The van der Waals surface area contributed by atoms with Crippen molar-refractivity contribution in [2.75, 3.05) is 83.9 Å². The second kappa shape index (κ2) is 14.6. The Morgan fingerprint density at radius 3 is 1.38 bits per heavy atom. The van der Waals surface area contributed by atoms with Crippen LogP contribution in [0.25, 0.3) is 0 Å². The van der Waals surface area contributed by atoms with Crippen molar-refractivity contribution in [3.63, 3.8) is 0 Å². The molecule has 5 N–H and O–H groups in total. The summed E-state index contributed by atoms with van der Waals surface area (Å²) in [7, 11) is 0. The van der Waals surface area contributed by atoms with Gasteiger partial charge in [0.15, 0.2) is 0 Å². The van der Waals surface area contributed by atoms with Crippen LogP contribution in [0.4, 0.5) is 18.9 Å². The standard InChI is InChI=1S/C23H32F3N5O8/c24-23(25,26)17-11-16(32)1-2-18(17)27-19(33)12-28-3-5-29(13-20(34)35)7-9-31(15-22(38)39)10-8-30(6-4-28)14-21(36)37/h1-2,11,32H,3-10,12-15H2,(H,27,33)(H,34,35)(H,36,37)(H,38,39). The summed E-state index contributed by atoms with van der Waals surface area (Å²) in [5.41, 5.74) is -1.77. The summed E-state index contributed by atoms with van der Waals surface area (Å²) in [6.07, 6.45) is -4.84. The Kier molecular flexibility index (Phi) is 11.9. The Bertz CT molecular complexity index is 994. The molecule has 1 aliphatic rings. The van der Waals surface area contributed by atoms with E-state index in [2.05, 4.69) is 5.32 Å². The molecule has 1 aromatic rings. The number of anilines is 1. The number of alkyl halides is 3. The molecule has 1 aromatic carbocycles. The average Bonchev–Trinajstić information content (AvgIpc) is 2.80. The van der Waals surface area contributed by atoms with Gasteiger partial charge in [0.1, 0.15) is 5.75 Å². The van der Waals surface area contributed by atoms with Gasteiger partial charge in [-0.1, -0.05) is 0 Å². The average molecular weight is 564 g/mol. The molecule has 1 saturated heterocycles. The number of amides is 1. The summed E-state index contributed by atoms with van der Waals surface area (Å²) in [4.78, 5) is 52.9. The molecule has 1 amide bonds. The third kappa shape index (κ3) is 11.8. The SMILES string of the molecule is O=C(O)CN1CCN(CC(=O)O)CCN(CC(=O)Nc2ccc(O)cc2C(F)(F)F)CCN(CC(=O)O)CC1. The van der Waals surface area contributed by atoms with Gasteiger partial charge in [-0.2, -0.15) is 13.2 Å². The van der Waals surface area contributed by atoms with E-state index < -0.39 is 47.0 Å². The molecular formula is C23H32F3N5O8. The molecule has 0 atom stereocenters. The number of halogens is 3. The number of phenols is 1. The summed E-state index contributed by atoms with van der Waals surface area (Å²) in [6.45, 7) is -0.0883. The topological polar surface area (TPSA) is 174 Å². The van der Waals surface area contributed by atoms with Gasteiger partial charge >= 0.3 is 24.1 Å². The summed E-state index contributed by atoms with van der Waals surface area (Å²) in [5.74, 6) is -4.73. The molecule has 2 rings (SSSR count). The van der Waals surface area contributed by atoms with Gasteiger partial charge in [0.2, 0.25) is 5.91 Å². The fourth-order valence-electron chi connectivity index (χ4n) is 4.05. The normalized spacial score (nSPS) is 17.6. The Labute approximate surface area is 222 Å². The molecule has 0 spiro atoms. The molecule has 0 unspecified atom stereocenters. The van der Waals surface area contributed by atoms with Crippen molar-refractivity contribution in [3.8, 4) is 5.75 Å². The van der Waals surface area contributed by atoms with Gasteiger partial charge in [-0.3, -0.25) is 38.8 Å². The van der Waals surface area contributed by atoms with Gasteiger partial charge in [0.25, 0.3) is 0 Å². The summed E-state index contributed by atoms with van der Waals surface area (Å²) in [5, 5.41) is 39.4. The highest BCUT2D eigenvalue weighted by molar-refractivity contribution is 5.93. The van der Waals surface area contributed by atoms with Crippen LogP contribution in [0.5, 0.6) is 5.75 Å². The Balaban J connectivity index is 2.20. The highest BCUT2D eigenvalue weighted by Gasteiger charge is 2.34. The second-order valence-electron chi connectivity index (χ2n) is 9.06. The number of carboxylic acids is 3. The number of rotatable bonds is 9. The zero-order chi connectivity index (χ0) is 29.2. The lowest BCUT2D eigenvalue weighted by Crippen LogP contribution is -2.49. The van der Waals surface area contributed by atoms with Crippen LogP contribution in [-0.4, -0.2) is 142 Å². The van der Waals surface area contributed by atoms with Gasteiger partial charge in [-0.15, -0.1) is 0 Å². The highest BCUT2D eigenvalue weighted by atomic mass is 19.4. The molecule has 0 radical (unpaired) electrons. The number of carbonyl (C=O) groups is 4. The monoisotopic (exact) mass is 563 g/mol. The third-order valence-corrected chi connectivity index (χ3v) is 5.96. The molecular weight excluding hydrogens is 531 g/mol. The quantitative estimate of drug-likeness (QED) is 0.251. The van der Waals surface area contributed by atoms with Crippen LogP contribution in [-0.2, 0) is 25.4 Å². The van der Waals surface area contributed by atoms with Crippen LogP contribution in [0, 0.1) is 0 Å². The third-order valence-electron chi connectivity index (χ3n) is 5.96. The molecule has 13 nitrogen and oxygen atoms in total. The lowest BCUT2D eigenvalue weighted by Gasteiger charge is -2.32. The first-order valence-corrected chi connectivity index (χ1v) is 12.0. The summed E-state index contributed by atoms with van der Waals surface area (Å²) in [6, 6.07) is 2.42. The van der Waals surface area contributed by atoms with Gasteiger partial charge in [0, 0.05) is 52.4 Å². The van der Waals surface area contributed by atoms with Crippen LogP contribution < -0.4 is 5.32 Å². The number of carbonyl (C=O) groups excluding carboxylic acids is 1. The first kappa shape index (κ1) is 31.7. The van der Waals surface area contributed by atoms with E-state index >= 15 is 0 Å². The number of benzene rings is 1. The van der Waals surface area contributed by atoms with E-state index in [4.69, 9.17) is 0 Å². The number of aliphatic carboxylic acids is 3. The Morgan fingerprint density at radius 1 is 0.692 bits per heavy atom. The van der Waals surface area contributed by atoms with Crippen LogP contribution in [0.15, 0.2) is 18.2 Å². The molecule has 1 fully saturated rings. The minimum Gasteiger partial charge on any atom is -0.508 e. The minimum absolute atomic E-state index is 0.127. The van der Waals surface area contributed by atoms with E-state index in [1.54, 1.807) is 19.6 Å². The van der Waals surface area contributed by atoms with Crippen molar-refractivity contribution in [2.45, 2.75) is 6.18 Å². The molecule has 0 aliphatic carbocycles. The number of hydrogen-bond acceptors (Lipinski definition) is 9. The van der Waals surface area contributed by atoms with E-state index in [0.29, 0.717) is 6.07 Å². The summed E-state index contributed by atoms with van der Waals surface area (Å²) < 4.78 is 40.1. The molecule has 1 aliphatic heterocycles. The fraction of sp³-hybridized carbons (Fsp3) is 0.565. The van der Waals surface area contributed by atoms with E-state index in [0.717, 1.165) is 12.1 Å². The number of aromatic hydroxyl groups is 1. The van der Waals surface area contributed by atoms with Crippen LogP contribution in [0.1, 0.15) is 5.56 Å². The molecule has 218 valence electrons. The molecule has 0 bridgehead atoms. The van der Waals surface area contributed by atoms with E-state index in [9.17, 15) is 52.8 Å². The van der Waals surface area contributed by atoms with E-state index in [1.807, 2.05) is 0 Å². The van der Waals surface area contributed by atoms with E-state index in [-0.39, 0.29) is 78.5 Å². The van der Waals surface area contributed by atoms with Gasteiger partial charge in [0.05, 0.1) is 37.4 Å². The zero-order valence-corrected chi connectivity index (χ0v) is 21.1. The maximum Gasteiger partial charge on any atom is 0.418 e. The van der Waals surface area contributed by atoms with Crippen molar-refractivity contribution in [1.82, 2.24) is 19.6 Å². The lowest BCUT2D eigenvalue weighted by molar-refractivity contribution is -0.140. The second-order valence-corrected chi connectivity index (χ2v) is 9.06. The first-order chi connectivity index (χ1) is 18.2. The smallest absolute Gasteiger partial charge is 0.418 e. The van der Waals surface area contributed by atoms with Gasteiger partial charge in [-0.05, 0) is 18.2 Å². The van der Waals surface area contributed by atoms with Crippen LogP contribution in [0.3, 0.4) is 0 Å². The molecule has 16 heteroatoms. The number of hydrogen-bond donors (Lipinski definition) is 5. The molecule has 0 saturated carbocycles. The van der Waals surface area contributed by atoms with Crippen molar-refractivity contribution in [1.29, 1.82) is 0 Å². The van der Waals surface area contributed by atoms with Crippen LogP contribution >= 0.6 is 0 Å². The molecule has 1 heterocycles. The number of nitrogens with zero attached hydrogens (tertiary/aromatic N) is 4. The van der Waals surface area contributed by atoms with Gasteiger partial charge in [-0.25, -0.2) is 0 Å². The maximum absolute atomic E-state index is 13.4. The van der Waals surface area contributed by atoms with Crippen molar-refractivity contribution < 1.29 is 52.8 Å². The number of phenolic OH excluding ortho intramolecular Hbond substituents is 1. The lowest BCUT2D eigenvalue weighted by atomic mass is 10.1. The fourth-order valence-corrected chi connectivity index (χ4v) is 4.05. The zero-order valence-electron chi connectivity index (χ0n) is 21.1. The predicted molar refractivity (Wildman–Crippen MR) is 130 cm³/mol. The van der Waals surface area contributed by atoms with Crippen molar-refractivity contribution >= 4 is 29.5 Å². The maximum atomic E-state index is 13.4. The number of nitrogens with one attached hydrogen (secondary N) is 1. The molecule has 0 aromatic heterocycles. The minimum atomic E-state index is -4.84. The predicted octanol–water partition coefficient (Wildman–Crippen LogP) is -0.175. The van der Waals surface area contributed by atoms with Crippen molar-refractivity contribution in [3.05, 3.63) is 23.8 Å². The number of carboxylic acid groups (broad SMARTS) is 3. The first-order valence-electron chi connectivity index (χ1n) is 12.0.